The van der Waals surface area contributed by atoms with Gasteiger partial charge in [-0.1, -0.05) is 60.7 Å². The van der Waals surface area contributed by atoms with Crippen molar-refractivity contribution in [1.29, 1.82) is 0 Å². The first-order valence-electron chi connectivity index (χ1n) is 12.3. The molecule has 1 heterocycles. The number of rotatable bonds is 11. The summed E-state index contributed by atoms with van der Waals surface area (Å²) < 4.78 is 37.5. The fourth-order valence-electron chi connectivity index (χ4n) is 4.28. The predicted octanol–water partition coefficient (Wildman–Crippen LogP) is 2.96. The van der Waals surface area contributed by atoms with Crippen molar-refractivity contribution in [2.24, 2.45) is 0 Å². The third-order valence-corrected chi connectivity index (χ3v) is 7.28. The van der Waals surface area contributed by atoms with Crippen LogP contribution in [0.15, 0.2) is 78.9 Å². The minimum Gasteiger partial charge on any atom is -0.454 e. The highest BCUT2D eigenvalue weighted by molar-refractivity contribution is 7.92. The molecule has 1 aliphatic rings. The first-order chi connectivity index (χ1) is 18.3. The summed E-state index contributed by atoms with van der Waals surface area (Å²) >= 11 is 0. The van der Waals surface area contributed by atoms with E-state index in [2.05, 4.69) is 5.32 Å². The number of hydrogen-bond acceptors (Lipinski definition) is 6. The van der Waals surface area contributed by atoms with Crippen LogP contribution in [0.5, 0.6) is 11.5 Å². The highest BCUT2D eigenvalue weighted by Gasteiger charge is 2.33. The summed E-state index contributed by atoms with van der Waals surface area (Å²) in [6.07, 6.45) is 1.31. The van der Waals surface area contributed by atoms with Gasteiger partial charge in [0.15, 0.2) is 11.5 Å². The maximum Gasteiger partial charge on any atom is 0.244 e. The zero-order valence-electron chi connectivity index (χ0n) is 21.4. The molecule has 10 heteroatoms. The number of ether oxygens (including phenoxy) is 2. The Labute approximate surface area is 223 Å². The van der Waals surface area contributed by atoms with Crippen molar-refractivity contribution in [2.75, 3.05) is 30.4 Å². The molecule has 4 rings (SSSR count). The molecule has 200 valence electrons. The lowest BCUT2D eigenvalue weighted by Crippen LogP contribution is -2.53. The van der Waals surface area contributed by atoms with Gasteiger partial charge in [0, 0.05) is 25.6 Å². The Bertz CT molecular complexity index is 1370. The summed E-state index contributed by atoms with van der Waals surface area (Å²) in [6.45, 7) is 1.88. The maximum atomic E-state index is 13.9. The molecule has 3 aromatic rings. The first-order valence-corrected chi connectivity index (χ1v) is 14.1. The quantitative estimate of drug-likeness (QED) is 0.403. The van der Waals surface area contributed by atoms with Gasteiger partial charge in [-0.05, 0) is 30.2 Å². The Hall–Kier alpha value is -4.05. The highest BCUT2D eigenvalue weighted by Crippen LogP contribution is 2.36. The van der Waals surface area contributed by atoms with Crippen LogP contribution in [0.2, 0.25) is 0 Å². The number of nitrogens with one attached hydrogen (secondary N) is 1. The Balaban J connectivity index is 1.70. The number of sulfonamides is 1. The molecule has 0 radical (unpaired) electrons. The standard InChI is InChI=1S/C28H31N3O6S/c1-3-29-28(33)24(16-21-10-6-4-7-11-21)30(18-22-12-8-5-9-13-22)27(32)19-31(38(2,34)35)23-14-15-25-26(17-23)37-20-36-25/h4-15,17,24H,3,16,18-20H2,1-2H3,(H,29,33)/t24-/m1/s1. The number of fused-ring (bicyclic) bond motifs is 1. The van der Waals surface area contributed by atoms with Crippen LogP contribution in [0.4, 0.5) is 5.69 Å². The second-order valence-electron chi connectivity index (χ2n) is 8.91. The van der Waals surface area contributed by atoms with E-state index >= 15 is 0 Å². The minimum absolute atomic E-state index is 0.0369. The number of amides is 2. The molecule has 0 bridgehead atoms. The lowest BCUT2D eigenvalue weighted by molar-refractivity contribution is -0.140. The van der Waals surface area contributed by atoms with Crippen molar-refractivity contribution in [3.05, 3.63) is 90.0 Å². The number of benzene rings is 3. The van der Waals surface area contributed by atoms with Crippen LogP contribution in [-0.2, 0) is 32.6 Å². The average Bonchev–Trinajstić information content (AvgIpc) is 3.38. The van der Waals surface area contributed by atoms with E-state index in [0.717, 1.165) is 21.7 Å². The van der Waals surface area contributed by atoms with Crippen molar-refractivity contribution in [3.63, 3.8) is 0 Å². The number of likely N-dealkylation sites (N-methyl/N-ethyl adjacent to an activating group) is 1. The minimum atomic E-state index is -3.86. The van der Waals surface area contributed by atoms with Gasteiger partial charge in [-0.2, -0.15) is 0 Å². The molecule has 1 aliphatic heterocycles. The van der Waals surface area contributed by atoms with Gasteiger partial charge in [0.2, 0.25) is 28.6 Å². The summed E-state index contributed by atoms with van der Waals surface area (Å²) in [4.78, 5) is 28.7. The molecule has 9 nitrogen and oxygen atoms in total. The van der Waals surface area contributed by atoms with E-state index < -0.39 is 28.5 Å². The number of anilines is 1. The average molecular weight is 538 g/mol. The van der Waals surface area contributed by atoms with E-state index in [0.29, 0.717) is 18.0 Å². The van der Waals surface area contributed by atoms with Gasteiger partial charge < -0.3 is 19.7 Å². The van der Waals surface area contributed by atoms with Crippen molar-refractivity contribution < 1.29 is 27.5 Å². The van der Waals surface area contributed by atoms with Crippen LogP contribution in [0.3, 0.4) is 0 Å². The normalized spacial score (nSPS) is 13.0. The summed E-state index contributed by atoms with van der Waals surface area (Å²) in [7, 11) is -3.86. The first kappa shape index (κ1) is 27.0. The van der Waals surface area contributed by atoms with Gasteiger partial charge in [0.25, 0.3) is 0 Å². The van der Waals surface area contributed by atoms with Gasteiger partial charge in [0.1, 0.15) is 12.6 Å². The van der Waals surface area contributed by atoms with E-state index in [1.54, 1.807) is 12.1 Å². The fourth-order valence-corrected chi connectivity index (χ4v) is 5.12. The molecule has 0 unspecified atom stereocenters. The third kappa shape index (κ3) is 6.63. The zero-order chi connectivity index (χ0) is 27.1. The van der Waals surface area contributed by atoms with E-state index in [-0.39, 0.29) is 31.4 Å². The molecule has 0 aliphatic carbocycles. The summed E-state index contributed by atoms with van der Waals surface area (Å²) in [5.74, 6) is 0.0751. The lowest BCUT2D eigenvalue weighted by atomic mass is 10.0. The van der Waals surface area contributed by atoms with Crippen molar-refractivity contribution in [3.8, 4) is 11.5 Å². The molecular weight excluding hydrogens is 506 g/mol. The molecule has 38 heavy (non-hydrogen) atoms. The largest absolute Gasteiger partial charge is 0.454 e. The molecule has 2 amide bonds. The molecule has 0 spiro atoms. The third-order valence-electron chi connectivity index (χ3n) is 6.14. The van der Waals surface area contributed by atoms with Crippen LogP contribution in [0.1, 0.15) is 18.1 Å². The smallest absolute Gasteiger partial charge is 0.244 e. The highest BCUT2D eigenvalue weighted by atomic mass is 32.2. The molecule has 3 aromatic carbocycles. The Morgan fingerprint density at radius 1 is 0.921 bits per heavy atom. The van der Waals surface area contributed by atoms with Crippen molar-refractivity contribution in [1.82, 2.24) is 10.2 Å². The van der Waals surface area contributed by atoms with Crippen LogP contribution in [-0.4, -0.2) is 57.3 Å². The SMILES string of the molecule is CCNC(=O)[C@@H](Cc1ccccc1)N(Cc1ccccc1)C(=O)CN(c1ccc2c(c1)OCO2)S(C)(=O)=O. The molecule has 1 N–H and O–H groups in total. The number of nitrogens with zero attached hydrogens (tertiary/aromatic N) is 2. The monoisotopic (exact) mass is 537 g/mol. The second-order valence-corrected chi connectivity index (χ2v) is 10.8. The van der Waals surface area contributed by atoms with E-state index in [1.165, 1.54) is 11.0 Å². The van der Waals surface area contributed by atoms with Crippen molar-refractivity contribution >= 4 is 27.5 Å². The second kappa shape index (κ2) is 12.0. The van der Waals surface area contributed by atoms with Crippen LogP contribution in [0, 0.1) is 0 Å². The van der Waals surface area contributed by atoms with Crippen LogP contribution in [0.25, 0.3) is 0 Å². The molecule has 0 fully saturated rings. The summed E-state index contributed by atoms with van der Waals surface area (Å²) in [5.41, 5.74) is 1.96. The van der Waals surface area contributed by atoms with Gasteiger partial charge in [-0.25, -0.2) is 8.42 Å². The molecule has 0 saturated heterocycles. The van der Waals surface area contributed by atoms with E-state index in [4.69, 9.17) is 9.47 Å². The number of carbonyl (C=O) groups excluding carboxylic acids is 2. The zero-order valence-corrected chi connectivity index (χ0v) is 22.2. The van der Waals surface area contributed by atoms with Crippen molar-refractivity contribution in [2.45, 2.75) is 25.9 Å². The number of carbonyl (C=O) groups is 2. The fraction of sp³-hybridized carbons (Fsp3) is 0.286. The Morgan fingerprint density at radius 3 is 2.18 bits per heavy atom. The maximum absolute atomic E-state index is 13.9. The van der Waals surface area contributed by atoms with Gasteiger partial charge in [-0.15, -0.1) is 0 Å². The van der Waals surface area contributed by atoms with Gasteiger partial charge >= 0.3 is 0 Å². The molecule has 0 saturated carbocycles. The lowest BCUT2D eigenvalue weighted by Gasteiger charge is -2.33. The summed E-state index contributed by atoms with van der Waals surface area (Å²) in [5, 5.41) is 2.84. The summed E-state index contributed by atoms with van der Waals surface area (Å²) in [6, 6.07) is 22.6. The van der Waals surface area contributed by atoms with E-state index in [9.17, 15) is 18.0 Å². The molecule has 0 aromatic heterocycles. The van der Waals surface area contributed by atoms with Crippen LogP contribution >= 0.6 is 0 Å². The van der Waals surface area contributed by atoms with E-state index in [1.807, 2.05) is 67.6 Å². The van der Waals surface area contributed by atoms with Gasteiger partial charge in [0.05, 0.1) is 11.9 Å². The molecule has 1 atom stereocenters. The molecular formula is C28H31N3O6S. The van der Waals surface area contributed by atoms with Gasteiger partial charge in [-0.3, -0.25) is 13.9 Å². The Kier molecular flexibility index (Phi) is 8.52. The van der Waals surface area contributed by atoms with Crippen LogP contribution < -0.4 is 19.1 Å². The number of hydrogen-bond donors (Lipinski definition) is 1. The predicted molar refractivity (Wildman–Crippen MR) is 144 cm³/mol. The Morgan fingerprint density at radius 2 is 1.55 bits per heavy atom. The topological polar surface area (TPSA) is 105 Å².